The first-order valence-electron chi connectivity index (χ1n) is 6.76. The average molecular weight is 252 g/mol. The van der Waals surface area contributed by atoms with Gasteiger partial charge in [-0.3, -0.25) is 9.88 Å². The zero-order valence-corrected chi connectivity index (χ0v) is 10.7. The quantitative estimate of drug-likeness (QED) is 0.770. The Kier molecular flexibility index (Phi) is 2.35. The molecule has 4 rings (SSSR count). The van der Waals surface area contributed by atoms with Gasteiger partial charge in [-0.2, -0.15) is 0 Å². The lowest BCUT2D eigenvalue weighted by Crippen LogP contribution is -2.33. The molecule has 1 fully saturated rings. The second-order valence-corrected chi connectivity index (χ2v) is 5.45. The molecule has 4 heterocycles. The lowest BCUT2D eigenvalue weighted by atomic mass is 9.79. The Morgan fingerprint density at radius 2 is 2.26 bits per heavy atom. The number of rotatable bonds is 2. The van der Waals surface area contributed by atoms with E-state index in [-0.39, 0.29) is 5.41 Å². The summed E-state index contributed by atoms with van der Waals surface area (Å²) < 4.78 is 5.38. The van der Waals surface area contributed by atoms with E-state index >= 15 is 0 Å². The van der Waals surface area contributed by atoms with E-state index in [1.807, 2.05) is 18.3 Å². The monoisotopic (exact) mass is 252 g/mol. The second-order valence-electron chi connectivity index (χ2n) is 5.45. The smallest absolute Gasteiger partial charge is 0.152 e. The Balaban J connectivity index is 1.70. The minimum atomic E-state index is 0.187. The molecule has 96 valence electrons. The number of fused-ring (bicyclic) bond motifs is 2. The molecule has 2 aromatic rings. The van der Waals surface area contributed by atoms with Gasteiger partial charge in [-0.1, -0.05) is 18.2 Å². The summed E-state index contributed by atoms with van der Waals surface area (Å²) in [5.74, 6) is 0.830. The molecule has 2 bridgehead atoms. The molecule has 0 aromatic carbocycles. The van der Waals surface area contributed by atoms with Crippen molar-refractivity contribution in [3.63, 3.8) is 0 Å². The van der Waals surface area contributed by atoms with Crippen LogP contribution in [-0.4, -0.2) is 29.5 Å². The van der Waals surface area contributed by atoms with E-state index in [9.17, 15) is 0 Å². The van der Waals surface area contributed by atoms with E-state index in [2.05, 4.69) is 34.2 Å². The highest BCUT2D eigenvalue weighted by atomic mass is 16.3. The normalized spacial score (nSPS) is 28.7. The van der Waals surface area contributed by atoms with Gasteiger partial charge in [0.2, 0.25) is 0 Å². The molecule has 2 aliphatic rings. The largest absolute Gasteiger partial charge is 0.463 e. The number of hydrogen-bond donors (Lipinski definition) is 0. The lowest BCUT2D eigenvalue weighted by Gasteiger charge is -2.29. The molecule has 0 radical (unpaired) electrons. The van der Waals surface area contributed by atoms with Crippen molar-refractivity contribution < 1.29 is 4.42 Å². The molecule has 0 saturated carbocycles. The van der Waals surface area contributed by atoms with Crippen molar-refractivity contribution in [1.29, 1.82) is 0 Å². The molecule has 1 saturated heterocycles. The number of hydrogen-bond acceptors (Lipinski definition) is 3. The van der Waals surface area contributed by atoms with Gasteiger partial charge in [0.25, 0.3) is 0 Å². The second kappa shape index (κ2) is 4.07. The van der Waals surface area contributed by atoms with Crippen LogP contribution in [0.3, 0.4) is 0 Å². The maximum absolute atomic E-state index is 5.38. The van der Waals surface area contributed by atoms with Crippen molar-refractivity contribution in [3.8, 4) is 11.5 Å². The predicted octanol–water partition coefficient (Wildman–Crippen LogP) is 2.85. The van der Waals surface area contributed by atoms with E-state index in [0.29, 0.717) is 0 Å². The minimum Gasteiger partial charge on any atom is -0.463 e. The number of pyridine rings is 1. The lowest BCUT2D eigenvalue weighted by molar-refractivity contribution is 0.345. The van der Waals surface area contributed by atoms with Gasteiger partial charge in [-0.15, -0.1) is 0 Å². The summed E-state index contributed by atoms with van der Waals surface area (Å²) in [4.78, 5) is 7.06. The third-order valence-electron chi connectivity index (χ3n) is 4.29. The maximum Gasteiger partial charge on any atom is 0.152 e. The van der Waals surface area contributed by atoms with Crippen molar-refractivity contribution >= 4 is 0 Å². The molecule has 2 atom stereocenters. The van der Waals surface area contributed by atoms with Crippen LogP contribution in [0.25, 0.3) is 11.5 Å². The first-order valence-corrected chi connectivity index (χ1v) is 6.76. The summed E-state index contributed by atoms with van der Waals surface area (Å²) >= 11 is 0. The fourth-order valence-electron chi connectivity index (χ4n) is 3.22. The van der Waals surface area contributed by atoms with Crippen LogP contribution in [-0.2, 0) is 5.41 Å². The van der Waals surface area contributed by atoms with Crippen molar-refractivity contribution in [3.05, 3.63) is 54.4 Å². The molecular formula is C16H16N2O. The van der Waals surface area contributed by atoms with Crippen LogP contribution < -0.4 is 0 Å². The predicted molar refractivity (Wildman–Crippen MR) is 73.8 cm³/mol. The van der Waals surface area contributed by atoms with Crippen LogP contribution in [0.2, 0.25) is 0 Å². The molecule has 0 aliphatic carbocycles. The Labute approximate surface area is 112 Å². The molecule has 2 unspecified atom stereocenters. The van der Waals surface area contributed by atoms with Gasteiger partial charge < -0.3 is 4.42 Å². The number of aromatic nitrogens is 1. The van der Waals surface area contributed by atoms with E-state index in [4.69, 9.17) is 4.42 Å². The van der Waals surface area contributed by atoms with Crippen LogP contribution in [0.5, 0.6) is 0 Å². The summed E-state index contributed by atoms with van der Waals surface area (Å²) in [6.45, 7) is 3.41. The Morgan fingerprint density at radius 3 is 3.05 bits per heavy atom. The van der Waals surface area contributed by atoms with Crippen molar-refractivity contribution in [1.82, 2.24) is 9.88 Å². The highest BCUT2D eigenvalue weighted by Crippen LogP contribution is 2.38. The molecular weight excluding hydrogens is 236 g/mol. The molecule has 2 aromatic heterocycles. The first kappa shape index (κ1) is 11.0. The first-order chi connectivity index (χ1) is 9.36. The van der Waals surface area contributed by atoms with Crippen LogP contribution >= 0.6 is 0 Å². The van der Waals surface area contributed by atoms with E-state index in [0.717, 1.165) is 24.5 Å². The van der Waals surface area contributed by atoms with Gasteiger partial charge in [0.1, 0.15) is 5.69 Å². The van der Waals surface area contributed by atoms with Crippen LogP contribution in [0.15, 0.2) is 53.3 Å². The summed E-state index contributed by atoms with van der Waals surface area (Å²) in [5, 5.41) is 0. The minimum absolute atomic E-state index is 0.187. The topological polar surface area (TPSA) is 29.3 Å². The van der Waals surface area contributed by atoms with Crippen molar-refractivity contribution in [2.75, 3.05) is 19.6 Å². The molecule has 0 amide bonds. The standard InChI is InChI=1S/C16H16N2O/c1-3-15(19-10-1)14-5-4-13(11-17-14)16-6-2-8-18(12-16)9-7-16/h1-6,10-11H,7-9,12H2. The number of nitrogens with zero attached hydrogens (tertiary/aromatic N) is 2. The Morgan fingerprint density at radius 1 is 1.26 bits per heavy atom. The van der Waals surface area contributed by atoms with Gasteiger partial charge >= 0.3 is 0 Å². The third kappa shape index (κ3) is 1.73. The van der Waals surface area contributed by atoms with Crippen molar-refractivity contribution in [2.24, 2.45) is 0 Å². The van der Waals surface area contributed by atoms with Gasteiger partial charge in [0.15, 0.2) is 5.76 Å². The molecule has 3 heteroatoms. The summed E-state index contributed by atoms with van der Waals surface area (Å²) in [7, 11) is 0. The molecule has 3 nitrogen and oxygen atoms in total. The molecule has 19 heavy (non-hydrogen) atoms. The Hall–Kier alpha value is -1.87. The van der Waals surface area contributed by atoms with E-state index < -0.39 is 0 Å². The SMILES string of the molecule is C1=CC2(c3ccc(-c4ccco4)nc3)CCN(C1)C2. The van der Waals surface area contributed by atoms with Gasteiger partial charge in [-0.05, 0) is 36.7 Å². The summed E-state index contributed by atoms with van der Waals surface area (Å²) in [5.41, 5.74) is 2.41. The summed E-state index contributed by atoms with van der Waals surface area (Å²) in [6.07, 6.45) is 9.56. The van der Waals surface area contributed by atoms with E-state index in [1.165, 1.54) is 18.5 Å². The van der Waals surface area contributed by atoms with Gasteiger partial charge in [0, 0.05) is 24.7 Å². The molecule has 2 aliphatic heterocycles. The van der Waals surface area contributed by atoms with Gasteiger partial charge in [-0.25, -0.2) is 0 Å². The highest BCUT2D eigenvalue weighted by Gasteiger charge is 2.39. The maximum atomic E-state index is 5.38. The van der Waals surface area contributed by atoms with E-state index in [1.54, 1.807) is 6.26 Å². The van der Waals surface area contributed by atoms with Crippen LogP contribution in [0.4, 0.5) is 0 Å². The zero-order chi connectivity index (χ0) is 12.7. The Bertz CT molecular complexity index is 600. The fourth-order valence-corrected chi connectivity index (χ4v) is 3.22. The zero-order valence-electron chi connectivity index (χ0n) is 10.7. The van der Waals surface area contributed by atoms with Crippen molar-refractivity contribution in [2.45, 2.75) is 11.8 Å². The average Bonchev–Trinajstić information content (AvgIpc) is 3.09. The number of furan rings is 1. The van der Waals surface area contributed by atoms with Crippen LogP contribution in [0, 0.1) is 0 Å². The van der Waals surface area contributed by atoms with Crippen LogP contribution in [0.1, 0.15) is 12.0 Å². The summed E-state index contributed by atoms with van der Waals surface area (Å²) in [6, 6.07) is 8.10. The molecule has 0 spiro atoms. The molecule has 0 N–H and O–H groups in total. The van der Waals surface area contributed by atoms with Gasteiger partial charge in [0.05, 0.1) is 6.26 Å². The third-order valence-corrected chi connectivity index (χ3v) is 4.29. The fraction of sp³-hybridized carbons (Fsp3) is 0.312. The highest BCUT2D eigenvalue weighted by molar-refractivity contribution is 5.52.